The fourth-order valence-corrected chi connectivity index (χ4v) is 4.09. The molecule has 1 aliphatic heterocycles. The minimum absolute atomic E-state index is 0.00306. The number of rotatable bonds is 5. The van der Waals surface area contributed by atoms with Gasteiger partial charge in [0, 0.05) is 23.8 Å². The first kappa shape index (κ1) is 28.9. The summed E-state index contributed by atoms with van der Waals surface area (Å²) in [6, 6.07) is 6.63. The van der Waals surface area contributed by atoms with Crippen LogP contribution in [-0.2, 0) is 17.1 Å². The first-order valence-electron chi connectivity index (χ1n) is 10.8. The van der Waals surface area contributed by atoms with Gasteiger partial charge in [-0.2, -0.15) is 39.5 Å². The Bertz CT molecular complexity index is 1050. The van der Waals surface area contributed by atoms with Crippen LogP contribution in [-0.4, -0.2) is 42.9 Å². The van der Waals surface area contributed by atoms with Crippen LogP contribution in [0.4, 0.5) is 50.0 Å². The molecular weight excluding hydrogens is 543 g/mol. The number of anilines is 1. The van der Waals surface area contributed by atoms with Crippen molar-refractivity contribution < 1.29 is 49.0 Å². The summed E-state index contributed by atoms with van der Waals surface area (Å²) in [5, 5.41) is 2.46. The summed E-state index contributed by atoms with van der Waals surface area (Å²) in [7, 11) is 0. The molecule has 2 aromatic carbocycles. The third-order valence-corrected chi connectivity index (χ3v) is 5.97. The molecular formula is C23H20ClF9N2O2. The van der Waals surface area contributed by atoms with Crippen LogP contribution < -0.4 is 5.32 Å². The Kier molecular flexibility index (Phi) is 8.57. The molecule has 1 N–H and O–H groups in total. The second kappa shape index (κ2) is 11.0. The predicted molar refractivity (Wildman–Crippen MR) is 116 cm³/mol. The molecule has 0 aliphatic carbocycles. The van der Waals surface area contributed by atoms with Crippen molar-refractivity contribution in [2.45, 2.75) is 43.4 Å². The number of nitrogens with one attached hydrogen (secondary N) is 1. The first-order chi connectivity index (χ1) is 17.0. The van der Waals surface area contributed by atoms with Gasteiger partial charge in [0.05, 0.1) is 11.1 Å². The zero-order valence-electron chi connectivity index (χ0n) is 18.8. The van der Waals surface area contributed by atoms with Crippen molar-refractivity contribution in [1.82, 2.24) is 4.90 Å². The summed E-state index contributed by atoms with van der Waals surface area (Å²) in [6.07, 6.45) is -18.7. The number of piperidine rings is 1. The maximum Gasteiger partial charge on any atom is 0.426 e. The zero-order valence-corrected chi connectivity index (χ0v) is 19.5. The quantitative estimate of drug-likeness (QED) is 0.379. The van der Waals surface area contributed by atoms with Gasteiger partial charge in [0.15, 0.2) is 0 Å². The van der Waals surface area contributed by atoms with Gasteiger partial charge < -0.3 is 4.74 Å². The van der Waals surface area contributed by atoms with Crippen LogP contribution in [0.1, 0.15) is 35.4 Å². The summed E-state index contributed by atoms with van der Waals surface area (Å²) in [4.78, 5) is 13.3. The van der Waals surface area contributed by atoms with Gasteiger partial charge in [0.25, 0.3) is 0 Å². The van der Waals surface area contributed by atoms with Crippen LogP contribution in [0.3, 0.4) is 0 Å². The molecule has 0 aromatic heterocycles. The number of nitrogens with zero attached hydrogens (tertiary/aromatic N) is 1. The van der Waals surface area contributed by atoms with E-state index in [9.17, 15) is 44.3 Å². The second-order valence-corrected chi connectivity index (χ2v) is 8.94. The molecule has 4 nitrogen and oxygen atoms in total. The predicted octanol–water partition coefficient (Wildman–Crippen LogP) is 7.74. The highest BCUT2D eigenvalue weighted by Gasteiger charge is 2.45. The summed E-state index contributed by atoms with van der Waals surface area (Å²) >= 11 is 5.71. The first-order valence-corrected chi connectivity index (χ1v) is 11.2. The van der Waals surface area contributed by atoms with Crippen LogP contribution in [0.5, 0.6) is 0 Å². The number of likely N-dealkylation sites (tertiary alicyclic amines) is 1. The summed E-state index contributed by atoms with van der Waals surface area (Å²) in [5.41, 5.74) is -3.15. The number of alkyl halides is 9. The van der Waals surface area contributed by atoms with Crippen molar-refractivity contribution in [3.8, 4) is 0 Å². The lowest BCUT2D eigenvalue weighted by molar-refractivity contribution is -0.207. The summed E-state index contributed by atoms with van der Waals surface area (Å²) < 4.78 is 125. The lowest BCUT2D eigenvalue weighted by Gasteiger charge is -2.35. The Morgan fingerprint density at radius 1 is 0.973 bits per heavy atom. The van der Waals surface area contributed by atoms with Crippen LogP contribution in [0.25, 0.3) is 0 Å². The lowest BCUT2D eigenvalue weighted by atomic mass is 9.88. The maximum atomic E-state index is 13.6. The number of halogens is 10. The van der Waals surface area contributed by atoms with Gasteiger partial charge in [0.1, 0.15) is 0 Å². The van der Waals surface area contributed by atoms with E-state index < -0.39 is 54.3 Å². The van der Waals surface area contributed by atoms with Gasteiger partial charge in [-0.15, -0.1) is 0 Å². The fraction of sp³-hybridized carbons (Fsp3) is 0.435. The average Bonchev–Trinajstić information content (AvgIpc) is 2.78. The summed E-state index contributed by atoms with van der Waals surface area (Å²) in [6.45, 7) is -1.02. The van der Waals surface area contributed by atoms with Crippen LogP contribution in [0.15, 0.2) is 42.5 Å². The van der Waals surface area contributed by atoms with E-state index in [2.05, 4.69) is 10.1 Å². The second-order valence-electron chi connectivity index (χ2n) is 8.51. The number of benzene rings is 2. The van der Waals surface area contributed by atoms with Crippen molar-refractivity contribution in [2.75, 3.05) is 25.0 Å². The highest BCUT2D eigenvalue weighted by Crippen LogP contribution is 2.39. The number of amides is 1. The van der Waals surface area contributed by atoms with Gasteiger partial charge in [0.2, 0.25) is 6.10 Å². The molecule has 0 bridgehead atoms. The Balaban J connectivity index is 1.75. The van der Waals surface area contributed by atoms with Crippen molar-refractivity contribution in [2.24, 2.45) is 0 Å². The minimum Gasteiger partial charge on any atom is -0.435 e. The fourth-order valence-electron chi connectivity index (χ4n) is 3.96. The van der Waals surface area contributed by atoms with Gasteiger partial charge in [-0.25, -0.2) is 4.79 Å². The molecule has 3 rings (SSSR count). The van der Waals surface area contributed by atoms with E-state index >= 15 is 0 Å². The van der Waals surface area contributed by atoms with E-state index in [-0.39, 0.29) is 43.2 Å². The monoisotopic (exact) mass is 562 g/mol. The molecule has 2 unspecified atom stereocenters. The molecule has 1 heterocycles. The molecule has 2 atom stereocenters. The highest BCUT2D eigenvalue weighted by molar-refractivity contribution is 6.30. The molecule has 0 spiro atoms. The Morgan fingerprint density at radius 2 is 1.54 bits per heavy atom. The molecule has 1 amide bonds. The van der Waals surface area contributed by atoms with Gasteiger partial charge >= 0.3 is 24.6 Å². The highest BCUT2D eigenvalue weighted by atomic mass is 35.5. The minimum atomic E-state index is -5.04. The van der Waals surface area contributed by atoms with Crippen molar-refractivity contribution in [3.63, 3.8) is 0 Å². The Morgan fingerprint density at radius 3 is 2.05 bits per heavy atom. The average molecular weight is 563 g/mol. The number of carbonyl (C=O) groups excluding carboxylic acids is 1. The third kappa shape index (κ3) is 8.16. The Hall–Kier alpha value is -2.67. The SMILES string of the molecule is O=C(Nc1ccc(Cl)cc1)OC(CN1CCCC(c2cc(C(F)(F)F)cc(C(F)(F)F)c2)C1)C(F)(F)F. The third-order valence-electron chi connectivity index (χ3n) is 5.72. The van der Waals surface area contributed by atoms with Crippen molar-refractivity contribution >= 4 is 23.4 Å². The lowest BCUT2D eigenvalue weighted by Crippen LogP contribution is -2.47. The standard InChI is InChI=1S/C23H20ClF9N2O2/c24-17-3-5-18(6-4-17)34-20(36)37-19(23(31,32)33)12-35-7-1-2-13(11-35)14-8-15(21(25,26)27)10-16(9-14)22(28,29)30/h3-6,8-10,13,19H,1-2,7,11-12H2,(H,34,36). The number of hydrogen-bond acceptors (Lipinski definition) is 3. The zero-order chi connectivity index (χ0) is 27.6. The number of carbonyl (C=O) groups is 1. The maximum absolute atomic E-state index is 13.6. The van der Waals surface area contributed by atoms with E-state index in [1.807, 2.05) is 0 Å². The van der Waals surface area contributed by atoms with Crippen LogP contribution >= 0.6 is 11.6 Å². The summed E-state index contributed by atoms with van der Waals surface area (Å²) in [5.74, 6) is -0.895. The molecule has 2 aromatic rings. The molecule has 1 fully saturated rings. The molecule has 0 radical (unpaired) electrons. The van der Waals surface area contributed by atoms with E-state index in [0.717, 1.165) is 0 Å². The van der Waals surface area contributed by atoms with Crippen molar-refractivity contribution in [1.29, 1.82) is 0 Å². The smallest absolute Gasteiger partial charge is 0.426 e. The van der Waals surface area contributed by atoms with Crippen LogP contribution in [0.2, 0.25) is 5.02 Å². The molecule has 14 heteroatoms. The van der Waals surface area contributed by atoms with Crippen LogP contribution in [0, 0.1) is 0 Å². The van der Waals surface area contributed by atoms with E-state index in [1.165, 1.54) is 29.2 Å². The van der Waals surface area contributed by atoms with Crippen molar-refractivity contribution in [3.05, 3.63) is 64.2 Å². The Labute approximate surface area is 210 Å². The topological polar surface area (TPSA) is 41.6 Å². The van der Waals surface area contributed by atoms with E-state index in [1.54, 1.807) is 0 Å². The molecule has 204 valence electrons. The molecule has 37 heavy (non-hydrogen) atoms. The normalized spacial score (nSPS) is 18.4. The molecule has 1 saturated heterocycles. The van der Waals surface area contributed by atoms with Gasteiger partial charge in [-0.05, 0) is 73.3 Å². The number of hydrogen-bond donors (Lipinski definition) is 1. The van der Waals surface area contributed by atoms with Gasteiger partial charge in [-0.1, -0.05) is 11.6 Å². The largest absolute Gasteiger partial charge is 0.435 e. The van der Waals surface area contributed by atoms with E-state index in [4.69, 9.17) is 11.6 Å². The number of ether oxygens (including phenoxy) is 1. The van der Waals surface area contributed by atoms with E-state index in [0.29, 0.717) is 17.2 Å². The van der Waals surface area contributed by atoms with Gasteiger partial charge in [-0.3, -0.25) is 10.2 Å². The molecule has 1 aliphatic rings. The molecule has 0 saturated carbocycles.